The van der Waals surface area contributed by atoms with Gasteiger partial charge in [0.1, 0.15) is 0 Å². The molecule has 0 spiro atoms. The van der Waals surface area contributed by atoms with E-state index in [2.05, 4.69) is 4.74 Å². The highest BCUT2D eigenvalue weighted by atomic mass is 19.4. The third-order valence-electron chi connectivity index (χ3n) is 2.30. The van der Waals surface area contributed by atoms with Gasteiger partial charge in [0.2, 0.25) is 0 Å². The summed E-state index contributed by atoms with van der Waals surface area (Å²) in [4.78, 5) is 11.3. The highest BCUT2D eigenvalue weighted by Crippen LogP contribution is 2.25. The molecule has 2 nitrogen and oxygen atoms in total. The second kappa shape index (κ2) is 4.68. The Balaban J connectivity index is 2.52. The van der Waals surface area contributed by atoms with Gasteiger partial charge in [0.15, 0.2) is 6.10 Å². The maximum Gasteiger partial charge on any atom is 0.425 e. The molecule has 0 bridgehead atoms. The van der Waals surface area contributed by atoms with Gasteiger partial charge in [-0.1, -0.05) is 6.08 Å². The Morgan fingerprint density at radius 3 is 2.60 bits per heavy atom. The van der Waals surface area contributed by atoms with Crippen molar-refractivity contribution in [3.63, 3.8) is 0 Å². The van der Waals surface area contributed by atoms with Crippen LogP contribution in [0.4, 0.5) is 13.2 Å². The first-order chi connectivity index (χ1) is 6.91. The van der Waals surface area contributed by atoms with E-state index in [0.29, 0.717) is 12.0 Å². The molecule has 0 heterocycles. The van der Waals surface area contributed by atoms with E-state index in [1.165, 1.54) is 0 Å². The summed E-state index contributed by atoms with van der Waals surface area (Å²) in [6.45, 7) is 0.835. The van der Waals surface area contributed by atoms with E-state index in [9.17, 15) is 18.0 Å². The number of halogens is 3. The number of carbonyl (C=O) groups excluding carboxylic acids is 1. The number of hydrogen-bond donors (Lipinski definition) is 0. The summed E-state index contributed by atoms with van der Waals surface area (Å²) < 4.78 is 40.6. The maximum atomic E-state index is 12.1. The molecule has 0 aromatic heterocycles. The minimum atomic E-state index is -4.48. The number of alkyl halides is 3. The molecule has 1 rings (SSSR count). The van der Waals surface area contributed by atoms with Crippen molar-refractivity contribution in [2.24, 2.45) is 0 Å². The summed E-state index contributed by atoms with van der Waals surface area (Å²) >= 11 is 0. The monoisotopic (exact) mass is 222 g/mol. The summed E-state index contributed by atoms with van der Waals surface area (Å²) in [6, 6.07) is 0. The summed E-state index contributed by atoms with van der Waals surface area (Å²) in [6.07, 6.45) is -1.78. The molecule has 0 radical (unpaired) electrons. The summed E-state index contributed by atoms with van der Waals surface area (Å²) in [5, 5.41) is 0. The smallest absolute Gasteiger partial charge is 0.425 e. The Morgan fingerprint density at radius 2 is 2.13 bits per heavy atom. The number of carbonyl (C=O) groups is 1. The molecule has 0 aromatic carbocycles. The van der Waals surface area contributed by atoms with Crippen molar-refractivity contribution < 1.29 is 22.7 Å². The third-order valence-corrected chi connectivity index (χ3v) is 2.30. The largest absolute Gasteiger partial charge is 0.450 e. The van der Waals surface area contributed by atoms with Gasteiger partial charge >= 0.3 is 12.1 Å². The van der Waals surface area contributed by atoms with Crippen LogP contribution >= 0.6 is 0 Å². The van der Waals surface area contributed by atoms with Crippen molar-refractivity contribution in [3.8, 4) is 0 Å². The van der Waals surface area contributed by atoms with Crippen molar-refractivity contribution in [1.82, 2.24) is 0 Å². The molecular formula is C10H13F3O2. The van der Waals surface area contributed by atoms with Crippen LogP contribution in [0.2, 0.25) is 0 Å². The van der Waals surface area contributed by atoms with Gasteiger partial charge in [0.25, 0.3) is 0 Å². The predicted molar refractivity (Wildman–Crippen MR) is 48.2 cm³/mol. The average Bonchev–Trinajstić information content (AvgIpc) is 2.17. The zero-order chi connectivity index (χ0) is 11.5. The molecule has 5 heteroatoms. The summed E-state index contributed by atoms with van der Waals surface area (Å²) in [5.74, 6) is -0.834. The lowest BCUT2D eigenvalue weighted by atomic mass is 10.00. The van der Waals surface area contributed by atoms with Gasteiger partial charge in [-0.15, -0.1) is 0 Å². The first-order valence-corrected chi connectivity index (χ1v) is 4.88. The first kappa shape index (κ1) is 12.1. The standard InChI is InChI=1S/C10H13F3O2/c1-7(10(11,12)13)15-9(14)8-5-3-2-4-6-8/h5,7H,2-4,6H2,1H3. The molecule has 1 unspecified atom stereocenters. The zero-order valence-electron chi connectivity index (χ0n) is 8.43. The van der Waals surface area contributed by atoms with Gasteiger partial charge in [-0.2, -0.15) is 13.2 Å². The molecule has 1 aliphatic rings. The van der Waals surface area contributed by atoms with Crippen LogP contribution in [0.3, 0.4) is 0 Å². The van der Waals surface area contributed by atoms with Crippen molar-refractivity contribution in [2.75, 3.05) is 0 Å². The number of rotatable bonds is 2. The van der Waals surface area contributed by atoms with Crippen molar-refractivity contribution in [3.05, 3.63) is 11.6 Å². The molecule has 15 heavy (non-hydrogen) atoms. The predicted octanol–water partition coefficient (Wildman–Crippen LogP) is 2.98. The SMILES string of the molecule is CC(OC(=O)C1=CCCCC1)C(F)(F)F. The first-order valence-electron chi connectivity index (χ1n) is 4.88. The number of ether oxygens (including phenoxy) is 1. The molecule has 0 amide bonds. The van der Waals surface area contributed by atoms with Crippen molar-refractivity contribution >= 4 is 5.97 Å². The molecule has 1 aliphatic carbocycles. The average molecular weight is 222 g/mol. The lowest BCUT2D eigenvalue weighted by Gasteiger charge is -2.18. The van der Waals surface area contributed by atoms with E-state index >= 15 is 0 Å². The fourth-order valence-corrected chi connectivity index (χ4v) is 1.33. The maximum absolute atomic E-state index is 12.1. The summed E-state index contributed by atoms with van der Waals surface area (Å²) in [5.41, 5.74) is 0.373. The number of allylic oxidation sites excluding steroid dienone is 1. The lowest BCUT2D eigenvalue weighted by Crippen LogP contribution is -2.31. The molecule has 0 aromatic rings. The van der Waals surface area contributed by atoms with Crippen LogP contribution < -0.4 is 0 Å². The van der Waals surface area contributed by atoms with Gasteiger partial charge < -0.3 is 4.74 Å². The minimum absolute atomic E-state index is 0.373. The Bertz CT molecular complexity index is 268. The van der Waals surface area contributed by atoms with Gasteiger partial charge in [0, 0.05) is 5.57 Å². The molecule has 0 N–H and O–H groups in total. The molecule has 0 aliphatic heterocycles. The van der Waals surface area contributed by atoms with Gasteiger partial charge in [-0.3, -0.25) is 0 Å². The Morgan fingerprint density at radius 1 is 1.47 bits per heavy atom. The van der Waals surface area contributed by atoms with E-state index in [1.807, 2.05) is 0 Å². The Hall–Kier alpha value is -1.00. The van der Waals surface area contributed by atoms with Gasteiger partial charge in [0.05, 0.1) is 0 Å². The van der Waals surface area contributed by atoms with Gasteiger partial charge in [-0.25, -0.2) is 4.79 Å². The second-order valence-corrected chi connectivity index (χ2v) is 3.56. The fourth-order valence-electron chi connectivity index (χ4n) is 1.33. The van der Waals surface area contributed by atoms with E-state index < -0.39 is 18.2 Å². The van der Waals surface area contributed by atoms with Crippen LogP contribution in [-0.4, -0.2) is 18.2 Å². The molecule has 1 atom stereocenters. The quantitative estimate of drug-likeness (QED) is 0.671. The highest BCUT2D eigenvalue weighted by molar-refractivity contribution is 5.88. The molecule has 0 fully saturated rings. The molecule has 0 saturated carbocycles. The van der Waals surface area contributed by atoms with Crippen LogP contribution in [-0.2, 0) is 9.53 Å². The lowest BCUT2D eigenvalue weighted by molar-refractivity contribution is -0.214. The third kappa shape index (κ3) is 3.57. The van der Waals surface area contributed by atoms with Crippen LogP contribution in [0.15, 0.2) is 11.6 Å². The van der Waals surface area contributed by atoms with Crippen LogP contribution in [0.25, 0.3) is 0 Å². The Labute approximate surface area is 86.1 Å². The zero-order valence-corrected chi connectivity index (χ0v) is 8.43. The molecule has 86 valence electrons. The second-order valence-electron chi connectivity index (χ2n) is 3.56. The van der Waals surface area contributed by atoms with E-state index in [-0.39, 0.29) is 0 Å². The van der Waals surface area contributed by atoms with Gasteiger partial charge in [-0.05, 0) is 32.6 Å². The number of esters is 1. The highest BCUT2D eigenvalue weighted by Gasteiger charge is 2.39. The van der Waals surface area contributed by atoms with Crippen molar-refractivity contribution in [1.29, 1.82) is 0 Å². The fraction of sp³-hybridized carbons (Fsp3) is 0.700. The van der Waals surface area contributed by atoms with Crippen LogP contribution in [0, 0.1) is 0 Å². The number of hydrogen-bond acceptors (Lipinski definition) is 2. The topological polar surface area (TPSA) is 26.3 Å². The van der Waals surface area contributed by atoms with E-state index in [4.69, 9.17) is 0 Å². The Kier molecular flexibility index (Phi) is 3.77. The van der Waals surface area contributed by atoms with Crippen LogP contribution in [0.5, 0.6) is 0 Å². The molecular weight excluding hydrogens is 209 g/mol. The van der Waals surface area contributed by atoms with Crippen molar-refractivity contribution in [2.45, 2.75) is 44.9 Å². The normalized spacial score (nSPS) is 19.3. The summed E-state index contributed by atoms with van der Waals surface area (Å²) in [7, 11) is 0. The minimum Gasteiger partial charge on any atom is -0.450 e. The van der Waals surface area contributed by atoms with E-state index in [1.54, 1.807) is 6.08 Å². The van der Waals surface area contributed by atoms with E-state index in [0.717, 1.165) is 26.2 Å². The molecule has 0 saturated heterocycles. The van der Waals surface area contributed by atoms with Crippen LogP contribution in [0.1, 0.15) is 32.6 Å².